The number of imidazole rings is 1. The van der Waals surface area contributed by atoms with E-state index in [1.165, 1.54) is 0 Å². The molecular formula is C23H32N6O. The SMILES string of the molecule is CCNCCN1CCC(Nc2nc3ccccc3n2Cc2nc(C)ccc2O)CC1. The smallest absolute Gasteiger partial charge is 0.204 e. The molecule has 0 aliphatic carbocycles. The van der Waals surface area contributed by atoms with Gasteiger partial charge in [-0.15, -0.1) is 0 Å². The Bertz CT molecular complexity index is 977. The van der Waals surface area contributed by atoms with E-state index in [-0.39, 0.29) is 5.75 Å². The van der Waals surface area contributed by atoms with Crippen LogP contribution < -0.4 is 10.6 Å². The first-order valence-electron chi connectivity index (χ1n) is 10.9. The number of aryl methyl sites for hydroxylation is 1. The van der Waals surface area contributed by atoms with Crippen molar-refractivity contribution < 1.29 is 5.11 Å². The summed E-state index contributed by atoms with van der Waals surface area (Å²) in [5.74, 6) is 1.07. The number of para-hydroxylation sites is 2. The number of likely N-dealkylation sites (tertiary alicyclic amines) is 1. The molecule has 0 radical (unpaired) electrons. The lowest BCUT2D eigenvalue weighted by molar-refractivity contribution is 0.219. The Labute approximate surface area is 178 Å². The summed E-state index contributed by atoms with van der Waals surface area (Å²) in [6, 6.07) is 12.1. The molecule has 160 valence electrons. The third-order valence-electron chi connectivity index (χ3n) is 5.83. The Morgan fingerprint density at radius 2 is 1.90 bits per heavy atom. The van der Waals surface area contributed by atoms with Gasteiger partial charge in [-0.3, -0.25) is 4.98 Å². The minimum atomic E-state index is 0.221. The lowest BCUT2D eigenvalue weighted by Gasteiger charge is -2.32. The number of anilines is 1. The topological polar surface area (TPSA) is 78.2 Å². The van der Waals surface area contributed by atoms with Crippen molar-refractivity contribution in [2.45, 2.75) is 39.3 Å². The second kappa shape index (κ2) is 9.45. The molecule has 2 aromatic heterocycles. The quantitative estimate of drug-likeness (QED) is 0.498. The Balaban J connectivity index is 1.50. The van der Waals surface area contributed by atoms with Crippen molar-refractivity contribution in [3.05, 3.63) is 47.8 Å². The Morgan fingerprint density at radius 3 is 2.70 bits per heavy atom. The van der Waals surface area contributed by atoms with E-state index < -0.39 is 0 Å². The molecule has 0 unspecified atom stereocenters. The van der Waals surface area contributed by atoms with E-state index in [1.54, 1.807) is 6.07 Å². The van der Waals surface area contributed by atoms with Crippen molar-refractivity contribution >= 4 is 17.0 Å². The lowest BCUT2D eigenvalue weighted by atomic mass is 10.1. The number of hydrogen-bond donors (Lipinski definition) is 3. The van der Waals surface area contributed by atoms with Gasteiger partial charge in [-0.2, -0.15) is 0 Å². The fourth-order valence-electron chi connectivity index (χ4n) is 4.11. The average molecular weight is 409 g/mol. The normalized spacial score (nSPS) is 15.7. The van der Waals surface area contributed by atoms with Crippen molar-refractivity contribution in [1.29, 1.82) is 0 Å². The Hall–Kier alpha value is -2.64. The molecule has 0 amide bonds. The van der Waals surface area contributed by atoms with E-state index in [0.29, 0.717) is 18.3 Å². The van der Waals surface area contributed by atoms with Crippen LogP contribution in [0.25, 0.3) is 11.0 Å². The molecule has 3 N–H and O–H groups in total. The highest BCUT2D eigenvalue weighted by Crippen LogP contribution is 2.25. The van der Waals surface area contributed by atoms with Crippen LogP contribution in [-0.4, -0.2) is 63.3 Å². The maximum absolute atomic E-state index is 10.3. The lowest BCUT2D eigenvalue weighted by Crippen LogP contribution is -2.42. The first-order chi connectivity index (χ1) is 14.6. The minimum absolute atomic E-state index is 0.221. The van der Waals surface area contributed by atoms with Gasteiger partial charge >= 0.3 is 0 Å². The Kier molecular flexibility index (Phi) is 6.50. The standard InChI is InChI=1S/C23H32N6O/c1-3-24-12-15-28-13-10-18(11-14-28)26-23-27-19-6-4-5-7-21(19)29(23)16-20-22(30)9-8-17(2)25-20/h4-9,18,24,30H,3,10-16H2,1-2H3,(H,26,27). The zero-order chi connectivity index (χ0) is 20.9. The first kappa shape index (κ1) is 20.6. The number of fused-ring (bicyclic) bond motifs is 1. The van der Waals surface area contributed by atoms with E-state index in [9.17, 15) is 5.11 Å². The summed E-state index contributed by atoms with van der Waals surface area (Å²) in [6.07, 6.45) is 2.20. The van der Waals surface area contributed by atoms with Crippen LogP contribution in [0.5, 0.6) is 5.75 Å². The zero-order valence-corrected chi connectivity index (χ0v) is 17.9. The molecule has 0 spiro atoms. The number of nitrogens with one attached hydrogen (secondary N) is 2. The molecule has 1 aromatic carbocycles. The predicted molar refractivity (Wildman–Crippen MR) is 121 cm³/mol. The monoisotopic (exact) mass is 408 g/mol. The van der Waals surface area contributed by atoms with Crippen LogP contribution in [0.3, 0.4) is 0 Å². The molecule has 1 aliphatic heterocycles. The second-order valence-electron chi connectivity index (χ2n) is 8.04. The van der Waals surface area contributed by atoms with Crippen LogP contribution in [0.15, 0.2) is 36.4 Å². The molecule has 1 saturated heterocycles. The molecule has 3 aromatic rings. The maximum atomic E-state index is 10.3. The molecule has 7 heteroatoms. The fraction of sp³-hybridized carbons (Fsp3) is 0.478. The summed E-state index contributed by atoms with van der Waals surface area (Å²) in [7, 11) is 0. The first-order valence-corrected chi connectivity index (χ1v) is 10.9. The number of nitrogens with zero attached hydrogens (tertiary/aromatic N) is 4. The van der Waals surface area contributed by atoms with Crippen LogP contribution in [0.1, 0.15) is 31.2 Å². The van der Waals surface area contributed by atoms with Crippen molar-refractivity contribution in [1.82, 2.24) is 24.8 Å². The van der Waals surface area contributed by atoms with Gasteiger partial charge in [-0.1, -0.05) is 19.1 Å². The summed E-state index contributed by atoms with van der Waals surface area (Å²) in [5.41, 5.74) is 3.56. The summed E-state index contributed by atoms with van der Waals surface area (Å²) < 4.78 is 2.13. The number of aromatic hydroxyl groups is 1. The Morgan fingerprint density at radius 1 is 1.10 bits per heavy atom. The maximum Gasteiger partial charge on any atom is 0.204 e. The molecule has 1 aliphatic rings. The number of hydrogen-bond acceptors (Lipinski definition) is 6. The van der Waals surface area contributed by atoms with E-state index in [0.717, 1.165) is 68.2 Å². The van der Waals surface area contributed by atoms with Gasteiger partial charge in [0.15, 0.2) is 0 Å². The van der Waals surface area contributed by atoms with Crippen molar-refractivity contribution in [2.75, 3.05) is 38.0 Å². The summed E-state index contributed by atoms with van der Waals surface area (Å²) in [5, 5.41) is 17.4. The summed E-state index contributed by atoms with van der Waals surface area (Å²) in [4.78, 5) is 11.9. The predicted octanol–water partition coefficient (Wildman–Crippen LogP) is 2.98. The van der Waals surface area contributed by atoms with Gasteiger partial charge < -0.3 is 25.2 Å². The van der Waals surface area contributed by atoms with Crippen molar-refractivity contribution in [3.8, 4) is 5.75 Å². The number of likely N-dealkylation sites (N-methyl/N-ethyl adjacent to an activating group) is 1. The highest BCUT2D eigenvalue weighted by Gasteiger charge is 2.21. The van der Waals surface area contributed by atoms with Gasteiger partial charge in [0.05, 0.1) is 17.6 Å². The average Bonchev–Trinajstić information content (AvgIpc) is 3.09. The molecule has 4 rings (SSSR count). The molecule has 30 heavy (non-hydrogen) atoms. The van der Waals surface area contributed by atoms with Gasteiger partial charge in [-0.25, -0.2) is 4.98 Å². The van der Waals surface area contributed by atoms with Crippen molar-refractivity contribution in [2.24, 2.45) is 0 Å². The van der Waals surface area contributed by atoms with Crippen molar-refractivity contribution in [3.63, 3.8) is 0 Å². The molecular weight excluding hydrogens is 376 g/mol. The highest BCUT2D eigenvalue weighted by atomic mass is 16.3. The van der Waals surface area contributed by atoms with E-state index in [2.05, 4.69) is 38.1 Å². The van der Waals surface area contributed by atoms with Crippen LogP contribution >= 0.6 is 0 Å². The zero-order valence-electron chi connectivity index (χ0n) is 17.9. The van der Waals surface area contributed by atoms with Gasteiger partial charge in [0, 0.05) is 37.9 Å². The highest BCUT2D eigenvalue weighted by molar-refractivity contribution is 5.78. The van der Waals surface area contributed by atoms with Gasteiger partial charge in [-0.05, 0) is 50.6 Å². The molecule has 1 fully saturated rings. The van der Waals surface area contributed by atoms with Gasteiger partial charge in [0.25, 0.3) is 0 Å². The number of benzene rings is 1. The molecule has 0 saturated carbocycles. The molecule has 0 atom stereocenters. The van der Waals surface area contributed by atoms with Crippen LogP contribution in [0.4, 0.5) is 5.95 Å². The summed E-state index contributed by atoms with van der Waals surface area (Å²) >= 11 is 0. The number of rotatable bonds is 8. The molecule has 7 nitrogen and oxygen atoms in total. The third-order valence-corrected chi connectivity index (χ3v) is 5.83. The fourth-order valence-corrected chi connectivity index (χ4v) is 4.11. The number of pyridine rings is 1. The van der Waals surface area contributed by atoms with E-state index >= 15 is 0 Å². The summed E-state index contributed by atoms with van der Waals surface area (Å²) in [6.45, 7) is 9.96. The molecule has 3 heterocycles. The second-order valence-corrected chi connectivity index (χ2v) is 8.04. The largest absolute Gasteiger partial charge is 0.506 e. The van der Waals surface area contributed by atoms with Gasteiger partial charge in [0.2, 0.25) is 5.95 Å². The number of piperidine rings is 1. The minimum Gasteiger partial charge on any atom is -0.506 e. The van der Waals surface area contributed by atoms with E-state index in [4.69, 9.17) is 4.98 Å². The number of aromatic nitrogens is 3. The molecule has 0 bridgehead atoms. The third kappa shape index (κ3) is 4.74. The van der Waals surface area contributed by atoms with Gasteiger partial charge in [0.1, 0.15) is 11.4 Å². The van der Waals surface area contributed by atoms with Crippen LogP contribution in [0, 0.1) is 6.92 Å². The van der Waals surface area contributed by atoms with E-state index in [1.807, 2.05) is 31.2 Å². The van der Waals surface area contributed by atoms with Crippen LogP contribution in [-0.2, 0) is 6.54 Å². The van der Waals surface area contributed by atoms with Crippen LogP contribution in [0.2, 0.25) is 0 Å².